The van der Waals surface area contributed by atoms with Crippen molar-refractivity contribution in [2.24, 2.45) is 0 Å². The van der Waals surface area contributed by atoms with E-state index in [1.807, 2.05) is 31.2 Å². The molecule has 0 saturated carbocycles. The first-order chi connectivity index (χ1) is 13.8. The Bertz CT molecular complexity index is 885. The average Bonchev–Trinajstić information content (AvgIpc) is 2.67. The van der Waals surface area contributed by atoms with Gasteiger partial charge in [-0.25, -0.2) is 9.18 Å². The summed E-state index contributed by atoms with van der Waals surface area (Å²) in [6, 6.07) is 11.4. The molecular weight excluding hydrogens is 375 g/mol. The molecule has 2 aromatic carbocycles. The smallest absolute Gasteiger partial charge is 0.328 e. The highest BCUT2D eigenvalue weighted by atomic mass is 19.1. The van der Waals surface area contributed by atoms with E-state index in [4.69, 9.17) is 4.74 Å². The lowest BCUT2D eigenvalue weighted by molar-refractivity contribution is -0.145. The molecule has 2 amide bonds. The largest absolute Gasteiger partial charge is 0.467 e. The van der Waals surface area contributed by atoms with Gasteiger partial charge in [0.05, 0.1) is 7.11 Å². The maximum Gasteiger partial charge on any atom is 0.328 e. The maximum absolute atomic E-state index is 13.5. The Labute approximate surface area is 169 Å². The second kappa shape index (κ2) is 10.4. The van der Waals surface area contributed by atoms with Crippen molar-refractivity contribution in [3.63, 3.8) is 0 Å². The Morgan fingerprint density at radius 2 is 1.72 bits per heavy atom. The molecule has 2 aromatic rings. The van der Waals surface area contributed by atoms with E-state index in [1.54, 1.807) is 6.07 Å². The molecule has 0 fully saturated rings. The van der Waals surface area contributed by atoms with Crippen LogP contribution in [-0.2, 0) is 32.0 Å². The molecule has 0 aliphatic rings. The van der Waals surface area contributed by atoms with Gasteiger partial charge < -0.3 is 15.4 Å². The molecule has 29 heavy (non-hydrogen) atoms. The van der Waals surface area contributed by atoms with Crippen molar-refractivity contribution >= 4 is 17.8 Å². The van der Waals surface area contributed by atoms with Crippen LogP contribution in [0.2, 0.25) is 0 Å². The van der Waals surface area contributed by atoms with Crippen LogP contribution in [0.15, 0.2) is 48.5 Å². The van der Waals surface area contributed by atoms with Gasteiger partial charge in [0.25, 0.3) is 0 Å². The van der Waals surface area contributed by atoms with Crippen molar-refractivity contribution in [1.82, 2.24) is 10.6 Å². The van der Waals surface area contributed by atoms with Crippen LogP contribution >= 0.6 is 0 Å². The second-order valence-corrected chi connectivity index (χ2v) is 6.80. The Morgan fingerprint density at radius 1 is 1.00 bits per heavy atom. The highest BCUT2D eigenvalue weighted by Crippen LogP contribution is 2.12. The molecule has 0 aromatic heterocycles. The molecule has 0 aliphatic carbocycles. The summed E-state index contributed by atoms with van der Waals surface area (Å²) in [5.74, 6) is -1.98. The van der Waals surface area contributed by atoms with E-state index in [2.05, 4.69) is 10.6 Å². The molecule has 0 radical (unpaired) electrons. The summed E-state index contributed by atoms with van der Waals surface area (Å²) in [5.41, 5.74) is 2.42. The van der Waals surface area contributed by atoms with E-state index in [9.17, 15) is 18.8 Å². The van der Waals surface area contributed by atoms with Crippen LogP contribution in [0.1, 0.15) is 23.6 Å². The van der Waals surface area contributed by atoms with E-state index in [0.717, 1.165) is 11.1 Å². The van der Waals surface area contributed by atoms with E-state index >= 15 is 0 Å². The van der Waals surface area contributed by atoms with Crippen LogP contribution in [0.25, 0.3) is 0 Å². The molecule has 0 saturated heterocycles. The molecule has 0 spiro atoms. The van der Waals surface area contributed by atoms with Crippen molar-refractivity contribution in [2.45, 2.75) is 38.8 Å². The highest BCUT2D eigenvalue weighted by Gasteiger charge is 2.27. The first-order valence-corrected chi connectivity index (χ1v) is 9.24. The van der Waals surface area contributed by atoms with Gasteiger partial charge in [-0.1, -0.05) is 36.4 Å². The van der Waals surface area contributed by atoms with Crippen molar-refractivity contribution in [1.29, 1.82) is 0 Å². The summed E-state index contributed by atoms with van der Waals surface area (Å²) >= 11 is 0. The quantitative estimate of drug-likeness (QED) is 0.665. The normalized spacial score (nSPS) is 12.6. The van der Waals surface area contributed by atoms with Gasteiger partial charge in [0.2, 0.25) is 11.8 Å². The minimum absolute atomic E-state index is 0.0848. The summed E-state index contributed by atoms with van der Waals surface area (Å²) < 4.78 is 18.3. The summed E-state index contributed by atoms with van der Waals surface area (Å²) in [6.45, 7) is 3.20. The molecule has 2 N–H and O–H groups in total. The number of hydrogen-bond donors (Lipinski definition) is 2. The van der Waals surface area contributed by atoms with Crippen molar-refractivity contribution < 1.29 is 23.5 Å². The molecule has 2 atom stereocenters. The summed E-state index contributed by atoms with van der Waals surface area (Å²) in [4.78, 5) is 36.7. The molecule has 0 aliphatic heterocycles. The van der Waals surface area contributed by atoms with Gasteiger partial charge in [0.1, 0.15) is 17.9 Å². The minimum Gasteiger partial charge on any atom is -0.467 e. The van der Waals surface area contributed by atoms with Crippen LogP contribution in [-0.4, -0.2) is 37.0 Å². The summed E-state index contributed by atoms with van der Waals surface area (Å²) in [5, 5.41) is 5.22. The Morgan fingerprint density at radius 3 is 2.34 bits per heavy atom. The van der Waals surface area contributed by atoms with E-state index in [1.165, 1.54) is 32.2 Å². The molecule has 0 bridgehead atoms. The van der Waals surface area contributed by atoms with Gasteiger partial charge in [-0.3, -0.25) is 9.59 Å². The predicted octanol–water partition coefficient (Wildman–Crippen LogP) is 2.08. The molecule has 6 nitrogen and oxygen atoms in total. The second-order valence-electron chi connectivity index (χ2n) is 6.80. The zero-order valence-electron chi connectivity index (χ0n) is 16.7. The zero-order chi connectivity index (χ0) is 21.4. The lowest BCUT2D eigenvalue weighted by Gasteiger charge is -2.22. The topological polar surface area (TPSA) is 84.5 Å². The fourth-order valence-corrected chi connectivity index (χ4v) is 3.02. The van der Waals surface area contributed by atoms with E-state index < -0.39 is 35.7 Å². The summed E-state index contributed by atoms with van der Waals surface area (Å²) in [7, 11) is 1.25. The number of methoxy groups -OCH3 is 1. The van der Waals surface area contributed by atoms with Gasteiger partial charge in [-0.05, 0) is 35.7 Å². The number of nitrogens with one attached hydrogen (secondary N) is 2. The Hall–Kier alpha value is -3.22. The average molecular weight is 400 g/mol. The number of carbonyl (C=O) groups is 3. The van der Waals surface area contributed by atoms with Crippen LogP contribution < -0.4 is 10.6 Å². The van der Waals surface area contributed by atoms with Crippen molar-refractivity contribution in [2.75, 3.05) is 7.11 Å². The van der Waals surface area contributed by atoms with Crippen LogP contribution in [0, 0.1) is 12.7 Å². The maximum atomic E-state index is 13.5. The third-order valence-electron chi connectivity index (χ3n) is 4.51. The predicted molar refractivity (Wildman–Crippen MR) is 107 cm³/mol. The Balaban J connectivity index is 2.19. The molecule has 154 valence electrons. The minimum atomic E-state index is -0.960. The Kier molecular flexibility index (Phi) is 7.88. The lowest BCUT2D eigenvalue weighted by atomic mass is 10.00. The van der Waals surface area contributed by atoms with Crippen LogP contribution in [0.5, 0.6) is 0 Å². The number of benzene rings is 2. The fourth-order valence-electron chi connectivity index (χ4n) is 3.02. The van der Waals surface area contributed by atoms with Gasteiger partial charge in [0.15, 0.2) is 0 Å². The van der Waals surface area contributed by atoms with Crippen LogP contribution in [0.4, 0.5) is 4.39 Å². The van der Waals surface area contributed by atoms with E-state index in [-0.39, 0.29) is 12.8 Å². The number of ether oxygens (including phenoxy) is 1. The summed E-state index contributed by atoms with van der Waals surface area (Å²) in [6.07, 6.45) is 0.333. The third-order valence-corrected chi connectivity index (χ3v) is 4.51. The molecule has 2 rings (SSSR count). The highest BCUT2D eigenvalue weighted by molar-refractivity contribution is 5.90. The molecule has 0 unspecified atom stereocenters. The number of amides is 2. The number of halogens is 1. The number of hydrogen-bond acceptors (Lipinski definition) is 4. The zero-order valence-corrected chi connectivity index (χ0v) is 16.7. The lowest BCUT2D eigenvalue weighted by Crippen LogP contribution is -2.53. The number of rotatable bonds is 8. The van der Waals surface area contributed by atoms with Gasteiger partial charge in [-0.15, -0.1) is 0 Å². The standard InChI is InChI=1S/C22H25FN2O4/c1-14-7-4-5-9-17(14)13-20(22(28)29-3)25-21(27)19(24-15(2)26)12-16-8-6-10-18(23)11-16/h4-11,19-20H,12-13H2,1-3H3,(H,24,26)(H,25,27)/t19-,20-/m0/s1. The van der Waals surface area contributed by atoms with Crippen LogP contribution in [0.3, 0.4) is 0 Å². The molecule has 0 heterocycles. The SMILES string of the molecule is COC(=O)[C@H](Cc1ccccc1C)NC(=O)[C@H](Cc1cccc(F)c1)NC(C)=O. The van der Waals surface area contributed by atoms with Gasteiger partial charge >= 0.3 is 5.97 Å². The number of esters is 1. The van der Waals surface area contributed by atoms with Gasteiger partial charge in [0, 0.05) is 19.8 Å². The number of carbonyl (C=O) groups excluding carboxylic acids is 3. The molecular formula is C22H25FN2O4. The van der Waals surface area contributed by atoms with E-state index in [0.29, 0.717) is 5.56 Å². The monoisotopic (exact) mass is 400 g/mol. The third kappa shape index (κ3) is 6.71. The van der Waals surface area contributed by atoms with Crippen molar-refractivity contribution in [3.8, 4) is 0 Å². The first-order valence-electron chi connectivity index (χ1n) is 9.24. The first kappa shape index (κ1) is 22.1. The number of aryl methyl sites for hydroxylation is 1. The van der Waals surface area contributed by atoms with Gasteiger partial charge in [-0.2, -0.15) is 0 Å². The molecule has 7 heteroatoms. The fraction of sp³-hybridized carbons (Fsp3) is 0.318. The van der Waals surface area contributed by atoms with Crippen molar-refractivity contribution in [3.05, 3.63) is 71.0 Å².